The van der Waals surface area contributed by atoms with Crippen LogP contribution in [0, 0.1) is 5.92 Å². The molecule has 1 unspecified atom stereocenters. The number of likely N-dealkylation sites (tertiary alicyclic amines) is 1. The first-order chi connectivity index (χ1) is 11.7. The number of carbonyl (C=O) groups is 1. The fourth-order valence-electron chi connectivity index (χ4n) is 3.69. The summed E-state index contributed by atoms with van der Waals surface area (Å²) in [5.74, 6) is 0.855. The van der Waals surface area contributed by atoms with Gasteiger partial charge in [0.1, 0.15) is 6.04 Å². The number of carbonyl (C=O) groups excluding carboxylic acids is 1. The fourth-order valence-corrected chi connectivity index (χ4v) is 3.69. The third kappa shape index (κ3) is 4.15. The van der Waals surface area contributed by atoms with E-state index in [4.69, 9.17) is 4.74 Å². The van der Waals surface area contributed by atoms with Gasteiger partial charge in [-0.25, -0.2) is 0 Å². The molecular formula is C17H29N5O2. The van der Waals surface area contributed by atoms with E-state index in [0.717, 1.165) is 64.3 Å². The van der Waals surface area contributed by atoms with Crippen LogP contribution in [0.25, 0.3) is 0 Å². The van der Waals surface area contributed by atoms with E-state index in [1.165, 1.54) is 0 Å². The van der Waals surface area contributed by atoms with E-state index < -0.39 is 0 Å². The van der Waals surface area contributed by atoms with Crippen molar-refractivity contribution in [2.45, 2.75) is 18.9 Å². The predicted octanol–water partition coefficient (Wildman–Crippen LogP) is 0.251. The second-order valence-electron chi connectivity index (χ2n) is 6.85. The number of ether oxygens (including phenoxy) is 1. The van der Waals surface area contributed by atoms with Gasteiger partial charge in [0.25, 0.3) is 0 Å². The van der Waals surface area contributed by atoms with Crippen molar-refractivity contribution in [2.24, 2.45) is 13.0 Å². The third-order valence-corrected chi connectivity index (χ3v) is 5.14. The molecule has 3 heterocycles. The standard InChI is InChI=1S/C17H29N5O2/c1-18-16(15-11-19-20(2)13-15)17(23)22-5-3-14(4-6-22)12-21-7-9-24-10-8-21/h11,13-14,16,18H,3-10,12H2,1-2H3. The number of morpholine rings is 1. The molecule has 2 aliphatic heterocycles. The van der Waals surface area contributed by atoms with E-state index in [1.807, 2.05) is 25.2 Å². The lowest BCUT2D eigenvalue weighted by Gasteiger charge is -2.37. The quantitative estimate of drug-likeness (QED) is 0.836. The summed E-state index contributed by atoms with van der Waals surface area (Å²) in [7, 11) is 3.71. The van der Waals surface area contributed by atoms with Crippen molar-refractivity contribution in [3.8, 4) is 0 Å². The third-order valence-electron chi connectivity index (χ3n) is 5.14. The summed E-state index contributed by atoms with van der Waals surface area (Å²) < 4.78 is 7.15. The summed E-state index contributed by atoms with van der Waals surface area (Å²) in [5, 5.41) is 7.32. The van der Waals surface area contributed by atoms with Crippen LogP contribution in [-0.2, 0) is 16.6 Å². The molecule has 134 valence electrons. The maximum atomic E-state index is 12.8. The highest BCUT2D eigenvalue weighted by Gasteiger charge is 2.29. The lowest BCUT2D eigenvalue weighted by Crippen LogP contribution is -2.46. The van der Waals surface area contributed by atoms with Gasteiger partial charge in [0.2, 0.25) is 5.91 Å². The van der Waals surface area contributed by atoms with Crippen LogP contribution < -0.4 is 5.32 Å². The Balaban J connectivity index is 1.50. The van der Waals surface area contributed by atoms with E-state index >= 15 is 0 Å². The molecule has 2 fully saturated rings. The van der Waals surface area contributed by atoms with Crippen LogP contribution in [0.15, 0.2) is 12.4 Å². The fraction of sp³-hybridized carbons (Fsp3) is 0.765. The van der Waals surface area contributed by atoms with E-state index in [1.54, 1.807) is 10.9 Å². The number of aromatic nitrogens is 2. The summed E-state index contributed by atoms with van der Waals surface area (Å²) in [6.45, 7) is 6.64. The minimum atomic E-state index is -0.297. The van der Waals surface area contributed by atoms with E-state index in [2.05, 4.69) is 15.3 Å². The molecule has 1 aromatic rings. The second-order valence-corrected chi connectivity index (χ2v) is 6.85. The molecule has 1 aromatic heterocycles. The summed E-state index contributed by atoms with van der Waals surface area (Å²) >= 11 is 0. The molecule has 0 radical (unpaired) electrons. The van der Waals surface area contributed by atoms with Gasteiger partial charge in [0.05, 0.1) is 19.4 Å². The second kappa shape index (κ2) is 8.09. The van der Waals surface area contributed by atoms with E-state index in [9.17, 15) is 4.79 Å². The molecule has 0 bridgehead atoms. The molecule has 0 spiro atoms. The van der Waals surface area contributed by atoms with Crippen LogP contribution in [0.2, 0.25) is 0 Å². The van der Waals surface area contributed by atoms with Crippen LogP contribution >= 0.6 is 0 Å². The molecule has 7 nitrogen and oxygen atoms in total. The molecule has 2 saturated heterocycles. The van der Waals surface area contributed by atoms with Gasteiger partial charge < -0.3 is 15.0 Å². The van der Waals surface area contributed by atoms with Crippen molar-refractivity contribution in [2.75, 3.05) is 53.0 Å². The van der Waals surface area contributed by atoms with Gasteiger partial charge in [0.15, 0.2) is 0 Å². The van der Waals surface area contributed by atoms with Crippen molar-refractivity contribution in [3.05, 3.63) is 18.0 Å². The van der Waals surface area contributed by atoms with Crippen molar-refractivity contribution in [1.29, 1.82) is 0 Å². The largest absolute Gasteiger partial charge is 0.379 e. The molecule has 24 heavy (non-hydrogen) atoms. The zero-order valence-corrected chi connectivity index (χ0v) is 14.8. The highest BCUT2D eigenvalue weighted by atomic mass is 16.5. The lowest BCUT2D eigenvalue weighted by atomic mass is 9.95. The Morgan fingerprint density at radius 3 is 2.62 bits per heavy atom. The smallest absolute Gasteiger partial charge is 0.244 e. The zero-order chi connectivity index (χ0) is 16.9. The van der Waals surface area contributed by atoms with Gasteiger partial charge in [-0.2, -0.15) is 5.10 Å². The summed E-state index contributed by atoms with van der Waals surface area (Å²) in [4.78, 5) is 17.3. The molecular weight excluding hydrogens is 306 g/mol. The van der Waals surface area contributed by atoms with Crippen molar-refractivity contribution in [3.63, 3.8) is 0 Å². The Kier molecular flexibility index (Phi) is 5.86. The minimum absolute atomic E-state index is 0.162. The Morgan fingerprint density at radius 2 is 2.04 bits per heavy atom. The van der Waals surface area contributed by atoms with Gasteiger partial charge in [-0.15, -0.1) is 0 Å². The first kappa shape index (κ1) is 17.4. The van der Waals surface area contributed by atoms with Crippen LogP contribution in [0.1, 0.15) is 24.4 Å². The van der Waals surface area contributed by atoms with Gasteiger partial charge >= 0.3 is 0 Å². The summed E-state index contributed by atoms with van der Waals surface area (Å²) in [5.41, 5.74) is 0.931. The van der Waals surface area contributed by atoms with Crippen LogP contribution in [0.5, 0.6) is 0 Å². The first-order valence-electron chi connectivity index (χ1n) is 8.92. The van der Waals surface area contributed by atoms with Crippen LogP contribution in [0.4, 0.5) is 0 Å². The Labute approximate surface area is 143 Å². The molecule has 1 N–H and O–H groups in total. The summed E-state index contributed by atoms with van der Waals surface area (Å²) in [6.07, 6.45) is 5.85. The number of piperidine rings is 1. The highest BCUT2D eigenvalue weighted by Crippen LogP contribution is 2.22. The highest BCUT2D eigenvalue weighted by molar-refractivity contribution is 5.83. The lowest BCUT2D eigenvalue weighted by molar-refractivity contribution is -0.135. The Hall–Kier alpha value is -1.44. The maximum Gasteiger partial charge on any atom is 0.244 e. The number of hydrogen-bond acceptors (Lipinski definition) is 5. The molecule has 1 amide bonds. The SMILES string of the molecule is CNC(C(=O)N1CCC(CN2CCOCC2)CC1)c1cnn(C)c1. The minimum Gasteiger partial charge on any atom is -0.379 e. The number of amides is 1. The monoisotopic (exact) mass is 335 g/mol. The topological polar surface area (TPSA) is 62.6 Å². The van der Waals surface area contributed by atoms with Crippen LogP contribution in [-0.4, -0.2) is 78.5 Å². The summed E-state index contributed by atoms with van der Waals surface area (Å²) in [6, 6.07) is -0.297. The number of likely N-dealkylation sites (N-methyl/N-ethyl adjacent to an activating group) is 1. The first-order valence-corrected chi connectivity index (χ1v) is 8.92. The Morgan fingerprint density at radius 1 is 1.33 bits per heavy atom. The predicted molar refractivity (Wildman–Crippen MR) is 91.6 cm³/mol. The van der Waals surface area contributed by atoms with Gasteiger partial charge in [-0.05, 0) is 25.8 Å². The van der Waals surface area contributed by atoms with Gasteiger partial charge in [-0.1, -0.05) is 0 Å². The van der Waals surface area contributed by atoms with Gasteiger partial charge in [0, 0.05) is 51.5 Å². The maximum absolute atomic E-state index is 12.8. The number of aryl methyl sites for hydroxylation is 1. The van der Waals surface area contributed by atoms with Gasteiger partial charge in [-0.3, -0.25) is 14.4 Å². The zero-order valence-electron chi connectivity index (χ0n) is 14.8. The van der Waals surface area contributed by atoms with E-state index in [0.29, 0.717) is 5.92 Å². The molecule has 7 heteroatoms. The average molecular weight is 335 g/mol. The average Bonchev–Trinajstić information content (AvgIpc) is 3.03. The Bertz CT molecular complexity index is 533. The molecule has 3 rings (SSSR count). The normalized spacial score (nSPS) is 21.8. The molecule has 0 aliphatic carbocycles. The molecule has 0 aromatic carbocycles. The van der Waals surface area contributed by atoms with Crippen molar-refractivity contribution < 1.29 is 9.53 Å². The number of nitrogens with one attached hydrogen (secondary N) is 1. The number of nitrogens with zero attached hydrogens (tertiary/aromatic N) is 4. The van der Waals surface area contributed by atoms with Crippen LogP contribution in [0.3, 0.4) is 0 Å². The van der Waals surface area contributed by atoms with Crippen molar-refractivity contribution >= 4 is 5.91 Å². The number of rotatable bonds is 5. The molecule has 2 aliphatic rings. The van der Waals surface area contributed by atoms with Crippen molar-refractivity contribution in [1.82, 2.24) is 24.9 Å². The molecule has 0 saturated carbocycles. The number of hydrogen-bond donors (Lipinski definition) is 1. The molecule has 1 atom stereocenters. The van der Waals surface area contributed by atoms with E-state index in [-0.39, 0.29) is 11.9 Å².